The summed E-state index contributed by atoms with van der Waals surface area (Å²) < 4.78 is 0. The van der Waals surface area contributed by atoms with Gasteiger partial charge in [-0.1, -0.05) is 58.9 Å². The quantitative estimate of drug-likeness (QED) is 0.432. The van der Waals surface area contributed by atoms with Crippen molar-refractivity contribution >= 4 is 34.8 Å². The summed E-state index contributed by atoms with van der Waals surface area (Å²) >= 11 is 1.15. The van der Waals surface area contributed by atoms with Gasteiger partial charge < -0.3 is 15.7 Å². The van der Waals surface area contributed by atoms with Crippen LogP contribution in [0, 0.1) is 5.92 Å². The standard InChI is InChI=1S/C26H29N3O4S/c1-15(2)21(25(32)33)29-23(31)24-28-20(14-34-24)16-8-12-19(13-9-16)27-22(30)17-6-10-18(11-7-17)26(3,4)5/h6-15,21H,1-5H3,(H,27,30)(H,29,31)(H,32,33). The van der Waals surface area contributed by atoms with Gasteiger partial charge in [-0.05, 0) is 41.2 Å². The normalized spacial score (nSPS) is 12.3. The highest BCUT2D eigenvalue weighted by Crippen LogP contribution is 2.25. The summed E-state index contributed by atoms with van der Waals surface area (Å²) in [4.78, 5) is 40.7. The lowest BCUT2D eigenvalue weighted by Crippen LogP contribution is -2.44. The van der Waals surface area contributed by atoms with Crippen molar-refractivity contribution in [2.45, 2.75) is 46.1 Å². The van der Waals surface area contributed by atoms with E-state index in [1.807, 2.05) is 36.4 Å². The highest BCUT2D eigenvalue weighted by molar-refractivity contribution is 7.12. The molecule has 0 saturated carbocycles. The lowest BCUT2D eigenvalue weighted by molar-refractivity contribution is -0.140. The fourth-order valence-electron chi connectivity index (χ4n) is 3.28. The Morgan fingerprint density at radius 2 is 1.56 bits per heavy atom. The lowest BCUT2D eigenvalue weighted by atomic mass is 9.87. The molecule has 8 heteroatoms. The topological polar surface area (TPSA) is 108 Å². The third-order valence-corrected chi connectivity index (χ3v) is 6.21. The lowest BCUT2D eigenvalue weighted by Gasteiger charge is -2.19. The van der Waals surface area contributed by atoms with Crippen LogP contribution in [0.5, 0.6) is 0 Å². The zero-order valence-corrected chi connectivity index (χ0v) is 20.7. The van der Waals surface area contributed by atoms with Crippen LogP contribution in [-0.4, -0.2) is 33.9 Å². The first-order valence-electron chi connectivity index (χ1n) is 11.0. The van der Waals surface area contributed by atoms with Crippen LogP contribution in [0.1, 0.15) is 60.3 Å². The smallest absolute Gasteiger partial charge is 0.326 e. The monoisotopic (exact) mass is 479 g/mol. The van der Waals surface area contributed by atoms with Crippen LogP contribution in [0.2, 0.25) is 0 Å². The first-order chi connectivity index (χ1) is 16.0. The van der Waals surface area contributed by atoms with E-state index in [9.17, 15) is 19.5 Å². The molecule has 0 spiro atoms. The molecule has 0 bridgehead atoms. The second-order valence-electron chi connectivity index (χ2n) is 9.43. The number of nitrogens with zero attached hydrogens (tertiary/aromatic N) is 1. The predicted octanol–water partition coefficient (Wildman–Crippen LogP) is 5.20. The van der Waals surface area contributed by atoms with Gasteiger partial charge >= 0.3 is 5.97 Å². The Hall–Kier alpha value is -3.52. The van der Waals surface area contributed by atoms with Crippen molar-refractivity contribution in [3.63, 3.8) is 0 Å². The zero-order valence-electron chi connectivity index (χ0n) is 19.9. The maximum atomic E-state index is 12.6. The summed E-state index contributed by atoms with van der Waals surface area (Å²) in [7, 11) is 0. The maximum Gasteiger partial charge on any atom is 0.326 e. The van der Waals surface area contributed by atoms with Gasteiger partial charge in [-0.3, -0.25) is 9.59 Å². The molecule has 0 fully saturated rings. The maximum absolute atomic E-state index is 12.6. The van der Waals surface area contributed by atoms with Gasteiger partial charge in [0, 0.05) is 22.2 Å². The molecule has 1 aromatic heterocycles. The second-order valence-corrected chi connectivity index (χ2v) is 10.3. The van der Waals surface area contributed by atoms with Crippen LogP contribution in [0.15, 0.2) is 53.9 Å². The number of rotatable bonds is 7. The number of carbonyl (C=O) groups is 3. The number of aromatic nitrogens is 1. The van der Waals surface area contributed by atoms with E-state index in [1.54, 1.807) is 31.4 Å². The molecule has 3 rings (SSSR count). The Morgan fingerprint density at radius 1 is 0.941 bits per heavy atom. The molecule has 0 aliphatic heterocycles. The van der Waals surface area contributed by atoms with Crippen LogP contribution in [0.4, 0.5) is 5.69 Å². The van der Waals surface area contributed by atoms with Crippen molar-refractivity contribution in [2.75, 3.05) is 5.32 Å². The van der Waals surface area contributed by atoms with E-state index in [0.29, 0.717) is 16.9 Å². The van der Waals surface area contributed by atoms with Crippen molar-refractivity contribution in [1.29, 1.82) is 0 Å². The average Bonchev–Trinajstić information content (AvgIpc) is 3.27. The molecule has 0 aliphatic carbocycles. The van der Waals surface area contributed by atoms with E-state index < -0.39 is 17.9 Å². The largest absolute Gasteiger partial charge is 0.480 e. The number of hydrogen-bond donors (Lipinski definition) is 3. The molecule has 2 aromatic carbocycles. The minimum Gasteiger partial charge on any atom is -0.480 e. The number of carboxylic acids is 1. The highest BCUT2D eigenvalue weighted by atomic mass is 32.1. The molecule has 1 unspecified atom stereocenters. The number of aliphatic carboxylic acids is 1. The Kier molecular flexibility index (Phi) is 7.51. The van der Waals surface area contributed by atoms with Crippen LogP contribution in [-0.2, 0) is 10.2 Å². The summed E-state index contributed by atoms with van der Waals surface area (Å²) in [5.41, 5.74) is 3.78. The van der Waals surface area contributed by atoms with Crippen LogP contribution in [0.3, 0.4) is 0 Å². The van der Waals surface area contributed by atoms with Gasteiger partial charge in [0.15, 0.2) is 5.01 Å². The van der Waals surface area contributed by atoms with Crippen molar-refractivity contribution in [3.8, 4) is 11.3 Å². The molecular weight excluding hydrogens is 450 g/mol. The average molecular weight is 480 g/mol. The summed E-state index contributed by atoms with van der Waals surface area (Å²) in [5.74, 6) is -2.04. The first-order valence-corrected chi connectivity index (χ1v) is 11.8. The molecule has 1 heterocycles. The van der Waals surface area contributed by atoms with E-state index in [1.165, 1.54) is 0 Å². The molecule has 178 valence electrons. The summed E-state index contributed by atoms with van der Waals surface area (Å²) in [6.07, 6.45) is 0. The SMILES string of the molecule is CC(C)C(NC(=O)c1nc(-c2ccc(NC(=O)c3ccc(C(C)(C)C)cc3)cc2)cs1)C(=O)O. The molecular formula is C26H29N3O4S. The highest BCUT2D eigenvalue weighted by Gasteiger charge is 2.25. The van der Waals surface area contributed by atoms with Gasteiger partial charge in [0.05, 0.1) is 5.69 Å². The number of carbonyl (C=O) groups excluding carboxylic acids is 2. The minimum atomic E-state index is -1.08. The van der Waals surface area contributed by atoms with E-state index in [4.69, 9.17) is 0 Å². The van der Waals surface area contributed by atoms with Crippen molar-refractivity contribution in [1.82, 2.24) is 10.3 Å². The van der Waals surface area contributed by atoms with Gasteiger partial charge in [-0.15, -0.1) is 11.3 Å². The molecule has 2 amide bonds. The Morgan fingerprint density at radius 3 is 2.09 bits per heavy atom. The fraction of sp³-hybridized carbons (Fsp3) is 0.308. The van der Waals surface area contributed by atoms with Crippen LogP contribution >= 0.6 is 11.3 Å². The van der Waals surface area contributed by atoms with E-state index in [0.717, 1.165) is 22.5 Å². The Labute approximate surface area is 203 Å². The number of hydrogen-bond acceptors (Lipinski definition) is 5. The number of thiazole rings is 1. The molecule has 0 aliphatic rings. The summed E-state index contributed by atoms with van der Waals surface area (Å²) in [6, 6.07) is 13.8. The summed E-state index contributed by atoms with van der Waals surface area (Å²) in [5, 5.41) is 16.6. The minimum absolute atomic E-state index is 0.0213. The first kappa shape index (κ1) is 25.1. The number of nitrogens with one attached hydrogen (secondary N) is 2. The van der Waals surface area contributed by atoms with Gasteiger partial charge in [-0.2, -0.15) is 0 Å². The van der Waals surface area contributed by atoms with Gasteiger partial charge in [0.2, 0.25) is 0 Å². The number of amides is 2. The predicted molar refractivity (Wildman–Crippen MR) is 134 cm³/mol. The van der Waals surface area contributed by atoms with Crippen LogP contribution < -0.4 is 10.6 Å². The summed E-state index contributed by atoms with van der Waals surface area (Å²) in [6.45, 7) is 9.83. The zero-order chi connectivity index (χ0) is 25.0. The second kappa shape index (κ2) is 10.2. The van der Waals surface area contributed by atoms with Crippen molar-refractivity contribution < 1.29 is 19.5 Å². The number of anilines is 1. The van der Waals surface area contributed by atoms with E-state index in [2.05, 4.69) is 36.4 Å². The third-order valence-electron chi connectivity index (χ3n) is 5.37. The molecule has 0 saturated heterocycles. The molecule has 7 nitrogen and oxygen atoms in total. The molecule has 3 aromatic rings. The molecule has 0 radical (unpaired) electrons. The number of benzene rings is 2. The Balaban J connectivity index is 1.66. The van der Waals surface area contributed by atoms with Crippen LogP contribution in [0.25, 0.3) is 11.3 Å². The van der Waals surface area contributed by atoms with E-state index >= 15 is 0 Å². The Bertz CT molecular complexity index is 1180. The van der Waals surface area contributed by atoms with Crippen molar-refractivity contribution in [2.24, 2.45) is 5.92 Å². The third kappa shape index (κ3) is 6.08. The van der Waals surface area contributed by atoms with Gasteiger partial charge in [0.1, 0.15) is 6.04 Å². The number of carboxylic acid groups (broad SMARTS) is 1. The molecule has 34 heavy (non-hydrogen) atoms. The molecule has 1 atom stereocenters. The van der Waals surface area contributed by atoms with E-state index in [-0.39, 0.29) is 22.2 Å². The van der Waals surface area contributed by atoms with Gasteiger partial charge in [-0.25, -0.2) is 9.78 Å². The van der Waals surface area contributed by atoms with Crippen molar-refractivity contribution in [3.05, 3.63) is 70.0 Å². The van der Waals surface area contributed by atoms with Gasteiger partial charge in [0.25, 0.3) is 11.8 Å². The fourth-order valence-corrected chi connectivity index (χ4v) is 4.01. The molecule has 3 N–H and O–H groups in total.